The Morgan fingerprint density at radius 2 is 1.72 bits per heavy atom. The summed E-state index contributed by atoms with van der Waals surface area (Å²) in [6.07, 6.45) is 0.622. The van der Waals surface area contributed by atoms with Crippen LogP contribution in [0.2, 0.25) is 0 Å². The van der Waals surface area contributed by atoms with Crippen LogP contribution in [0.5, 0.6) is 0 Å². The first-order valence-corrected chi connectivity index (χ1v) is 5.47. The summed E-state index contributed by atoms with van der Waals surface area (Å²) < 4.78 is 0. The molecule has 0 aromatic heterocycles. The number of carbonyl (C=O) groups excluding carboxylic acids is 2. The molecule has 94 valence electrons. The number of fused-ring (bicyclic) bond motifs is 1. The zero-order chi connectivity index (χ0) is 12.0. The number of amidine groups is 1. The van der Waals surface area contributed by atoms with E-state index >= 15 is 0 Å². The van der Waals surface area contributed by atoms with E-state index in [1.54, 1.807) is 24.3 Å². The predicted molar refractivity (Wildman–Crippen MR) is 69.1 cm³/mol. The molecule has 0 radical (unpaired) electrons. The van der Waals surface area contributed by atoms with Crippen LogP contribution in [0.3, 0.4) is 0 Å². The summed E-state index contributed by atoms with van der Waals surface area (Å²) in [5, 5.41) is 0. The van der Waals surface area contributed by atoms with E-state index < -0.39 is 0 Å². The van der Waals surface area contributed by atoms with Crippen LogP contribution in [0.4, 0.5) is 0 Å². The summed E-state index contributed by atoms with van der Waals surface area (Å²) in [5.41, 5.74) is 6.63. The second kappa shape index (κ2) is 4.42. The van der Waals surface area contributed by atoms with Gasteiger partial charge in [0, 0.05) is 6.54 Å². The van der Waals surface area contributed by atoms with E-state index in [0.29, 0.717) is 29.9 Å². The fourth-order valence-corrected chi connectivity index (χ4v) is 2.32. The maximum Gasteiger partial charge on any atom is 0.262 e. The van der Waals surface area contributed by atoms with Crippen LogP contribution in [0.15, 0.2) is 29.3 Å². The minimum atomic E-state index is -0.373. The Morgan fingerprint density at radius 3 is 2.17 bits per heavy atom. The van der Waals surface area contributed by atoms with Crippen molar-refractivity contribution in [3.8, 4) is 0 Å². The van der Waals surface area contributed by atoms with Crippen LogP contribution in [-0.2, 0) is 0 Å². The van der Waals surface area contributed by atoms with Crippen molar-refractivity contribution in [1.29, 1.82) is 0 Å². The molecule has 0 saturated carbocycles. The second-order valence-corrected chi connectivity index (χ2v) is 4.14. The number of rotatable bonds is 1. The Morgan fingerprint density at radius 1 is 1.17 bits per heavy atom. The molecule has 2 aliphatic heterocycles. The average molecular weight is 266 g/mol. The smallest absolute Gasteiger partial charge is 0.262 e. The zero-order valence-electron chi connectivity index (χ0n) is 9.50. The summed E-state index contributed by atoms with van der Waals surface area (Å²) in [5.74, 6) is -0.161. The summed E-state index contributed by atoms with van der Waals surface area (Å²) in [6, 6.07) is 6.46. The van der Waals surface area contributed by atoms with Gasteiger partial charge in [-0.1, -0.05) is 12.1 Å². The van der Waals surface area contributed by atoms with Gasteiger partial charge in [0.2, 0.25) is 0 Å². The molecule has 1 unspecified atom stereocenters. The van der Waals surface area contributed by atoms with Crippen molar-refractivity contribution in [2.45, 2.75) is 12.5 Å². The number of hydrogen-bond donors (Lipinski definition) is 1. The molecule has 6 heteroatoms. The van der Waals surface area contributed by atoms with Crippen molar-refractivity contribution in [3.63, 3.8) is 0 Å². The molecule has 1 atom stereocenters. The van der Waals surface area contributed by atoms with Crippen molar-refractivity contribution < 1.29 is 9.59 Å². The predicted octanol–water partition coefficient (Wildman–Crippen LogP) is 0.834. The number of amides is 2. The van der Waals surface area contributed by atoms with Crippen LogP contribution in [0.25, 0.3) is 0 Å². The fraction of sp³-hybridized carbons (Fsp3) is 0.250. The lowest BCUT2D eigenvalue weighted by molar-refractivity contribution is 0.0625. The summed E-state index contributed by atoms with van der Waals surface area (Å²) in [6.45, 7) is 0.573. The molecule has 1 aromatic rings. The van der Waals surface area contributed by atoms with Crippen LogP contribution >= 0.6 is 12.4 Å². The van der Waals surface area contributed by atoms with E-state index in [1.807, 2.05) is 0 Å². The quantitative estimate of drug-likeness (QED) is 0.765. The lowest BCUT2D eigenvalue weighted by Gasteiger charge is -2.21. The van der Waals surface area contributed by atoms with Crippen molar-refractivity contribution in [1.82, 2.24) is 4.90 Å². The monoisotopic (exact) mass is 265 g/mol. The molecule has 5 nitrogen and oxygen atoms in total. The molecule has 0 fully saturated rings. The van der Waals surface area contributed by atoms with Crippen LogP contribution in [0.1, 0.15) is 27.1 Å². The first-order valence-electron chi connectivity index (χ1n) is 5.47. The van der Waals surface area contributed by atoms with Gasteiger partial charge in [-0.2, -0.15) is 0 Å². The Kier molecular flexibility index (Phi) is 3.09. The number of hydrogen-bond acceptors (Lipinski definition) is 4. The van der Waals surface area contributed by atoms with Gasteiger partial charge in [0.05, 0.1) is 17.2 Å². The minimum absolute atomic E-state index is 0. The van der Waals surface area contributed by atoms with Gasteiger partial charge in [-0.25, -0.2) is 0 Å². The molecule has 0 aliphatic carbocycles. The van der Waals surface area contributed by atoms with E-state index in [1.165, 1.54) is 4.90 Å². The number of nitrogens with zero attached hydrogens (tertiary/aromatic N) is 2. The molecule has 2 aliphatic rings. The van der Waals surface area contributed by atoms with Crippen molar-refractivity contribution >= 4 is 30.1 Å². The van der Waals surface area contributed by atoms with E-state index in [2.05, 4.69) is 4.99 Å². The Bertz CT molecular complexity index is 521. The van der Waals surface area contributed by atoms with Crippen LogP contribution < -0.4 is 5.73 Å². The Balaban J connectivity index is 0.00000120. The average Bonchev–Trinajstić information content (AvgIpc) is 2.84. The second-order valence-electron chi connectivity index (χ2n) is 4.14. The topological polar surface area (TPSA) is 75.8 Å². The van der Waals surface area contributed by atoms with E-state index in [-0.39, 0.29) is 30.3 Å². The fourth-order valence-electron chi connectivity index (χ4n) is 2.32. The highest BCUT2D eigenvalue weighted by atomic mass is 35.5. The SMILES string of the molecule is Cl.NC1=NCCC1N1C(=O)c2ccccc2C1=O. The third-order valence-corrected chi connectivity index (χ3v) is 3.18. The van der Waals surface area contributed by atoms with Crippen molar-refractivity contribution in [2.24, 2.45) is 10.7 Å². The summed E-state index contributed by atoms with van der Waals surface area (Å²) >= 11 is 0. The number of imide groups is 1. The third-order valence-electron chi connectivity index (χ3n) is 3.18. The van der Waals surface area contributed by atoms with Gasteiger partial charge >= 0.3 is 0 Å². The Labute approximate surface area is 110 Å². The number of halogens is 1. The van der Waals surface area contributed by atoms with Gasteiger partial charge in [0.15, 0.2) is 0 Å². The minimum Gasteiger partial charge on any atom is -0.386 e. The number of benzene rings is 1. The van der Waals surface area contributed by atoms with Crippen molar-refractivity contribution in [2.75, 3.05) is 6.54 Å². The standard InChI is InChI=1S/C12H11N3O2.ClH/c13-10-9(5-6-14-10)15-11(16)7-3-1-2-4-8(7)12(15)17;/h1-4,9H,5-6H2,(H2,13,14);1H. The molecule has 0 bridgehead atoms. The number of carbonyl (C=O) groups is 2. The summed E-state index contributed by atoms with van der Waals surface area (Å²) in [4.78, 5) is 29.5. The van der Waals surface area contributed by atoms with Gasteiger partial charge in [0.1, 0.15) is 5.84 Å². The largest absolute Gasteiger partial charge is 0.386 e. The molecule has 18 heavy (non-hydrogen) atoms. The molecule has 1 aromatic carbocycles. The number of aliphatic imine (C=N–C) groups is 1. The van der Waals surface area contributed by atoms with E-state index in [9.17, 15) is 9.59 Å². The van der Waals surface area contributed by atoms with Crippen LogP contribution in [0, 0.1) is 0 Å². The van der Waals surface area contributed by atoms with Gasteiger partial charge in [0.25, 0.3) is 11.8 Å². The van der Waals surface area contributed by atoms with Crippen molar-refractivity contribution in [3.05, 3.63) is 35.4 Å². The molecule has 2 N–H and O–H groups in total. The maximum absolute atomic E-state index is 12.1. The van der Waals surface area contributed by atoms with E-state index in [0.717, 1.165) is 0 Å². The Hall–Kier alpha value is -1.88. The van der Waals surface area contributed by atoms with Gasteiger partial charge < -0.3 is 5.73 Å². The molecule has 2 heterocycles. The highest BCUT2D eigenvalue weighted by Crippen LogP contribution is 2.26. The number of nitrogens with two attached hydrogens (primary N) is 1. The first-order chi connectivity index (χ1) is 8.20. The zero-order valence-corrected chi connectivity index (χ0v) is 10.3. The molecular formula is C12H12ClN3O2. The maximum atomic E-state index is 12.1. The highest BCUT2D eigenvalue weighted by molar-refractivity contribution is 6.23. The normalized spacial score (nSPS) is 21.7. The lowest BCUT2D eigenvalue weighted by atomic mass is 10.1. The summed E-state index contributed by atoms with van der Waals surface area (Å²) in [7, 11) is 0. The molecule has 3 rings (SSSR count). The van der Waals surface area contributed by atoms with E-state index in [4.69, 9.17) is 5.73 Å². The molecule has 2 amide bonds. The first kappa shape index (κ1) is 12.6. The molecule has 0 saturated heterocycles. The third kappa shape index (κ3) is 1.59. The van der Waals surface area contributed by atoms with Gasteiger partial charge in [-0.3, -0.25) is 19.5 Å². The van der Waals surface area contributed by atoms with Gasteiger partial charge in [-0.05, 0) is 18.6 Å². The highest BCUT2D eigenvalue weighted by Gasteiger charge is 2.41. The molecular weight excluding hydrogens is 254 g/mol. The lowest BCUT2D eigenvalue weighted by Crippen LogP contribution is -2.45. The van der Waals surface area contributed by atoms with Gasteiger partial charge in [-0.15, -0.1) is 12.4 Å². The molecule has 0 spiro atoms. The van der Waals surface area contributed by atoms with Crippen LogP contribution in [-0.4, -0.2) is 35.1 Å².